The van der Waals surface area contributed by atoms with Crippen molar-refractivity contribution >= 4 is 5.65 Å². The van der Waals surface area contributed by atoms with Crippen molar-refractivity contribution in [3.05, 3.63) is 84.8 Å². The highest BCUT2D eigenvalue weighted by molar-refractivity contribution is 5.81. The van der Waals surface area contributed by atoms with Crippen LogP contribution >= 0.6 is 0 Å². The standard InChI is InChI=1S/C19H13FN2/c20-16-11-9-15(10-12-16)19-18(14-6-2-1-3-7-14)21-17-8-4-5-13-22(17)19/h1-13H. The molecule has 0 aliphatic heterocycles. The fourth-order valence-electron chi connectivity index (χ4n) is 2.68. The zero-order chi connectivity index (χ0) is 14.9. The van der Waals surface area contributed by atoms with Gasteiger partial charge in [-0.1, -0.05) is 36.4 Å². The second kappa shape index (κ2) is 5.11. The molecule has 0 radical (unpaired) electrons. The maximum Gasteiger partial charge on any atom is 0.137 e. The number of nitrogens with zero attached hydrogens (tertiary/aromatic N) is 2. The maximum atomic E-state index is 13.2. The van der Waals surface area contributed by atoms with Crippen LogP contribution in [0, 0.1) is 5.82 Å². The van der Waals surface area contributed by atoms with Crippen LogP contribution in [-0.4, -0.2) is 9.38 Å². The lowest BCUT2D eigenvalue weighted by Crippen LogP contribution is -1.89. The first-order valence-corrected chi connectivity index (χ1v) is 7.11. The second-order valence-electron chi connectivity index (χ2n) is 5.11. The van der Waals surface area contributed by atoms with Crippen LogP contribution in [0.15, 0.2) is 79.0 Å². The summed E-state index contributed by atoms with van der Waals surface area (Å²) in [6, 6.07) is 22.5. The highest BCUT2D eigenvalue weighted by atomic mass is 19.1. The molecule has 0 amide bonds. The third-order valence-corrected chi connectivity index (χ3v) is 3.69. The van der Waals surface area contributed by atoms with Crippen molar-refractivity contribution in [1.82, 2.24) is 9.38 Å². The molecular weight excluding hydrogens is 275 g/mol. The molecule has 0 bridgehead atoms. The summed E-state index contributed by atoms with van der Waals surface area (Å²) < 4.78 is 15.3. The molecule has 2 aromatic heterocycles. The number of imidazole rings is 1. The molecule has 0 atom stereocenters. The molecule has 4 rings (SSSR count). The van der Waals surface area contributed by atoms with E-state index in [1.807, 2.05) is 59.1 Å². The van der Waals surface area contributed by atoms with Gasteiger partial charge in [0.05, 0.1) is 11.4 Å². The van der Waals surface area contributed by atoms with Crippen molar-refractivity contribution < 1.29 is 4.39 Å². The van der Waals surface area contributed by atoms with Gasteiger partial charge < -0.3 is 0 Å². The van der Waals surface area contributed by atoms with Gasteiger partial charge in [-0.15, -0.1) is 0 Å². The van der Waals surface area contributed by atoms with Gasteiger partial charge in [0.2, 0.25) is 0 Å². The predicted octanol–water partition coefficient (Wildman–Crippen LogP) is 4.81. The van der Waals surface area contributed by atoms with Crippen LogP contribution in [0.2, 0.25) is 0 Å². The predicted molar refractivity (Wildman–Crippen MR) is 86.0 cm³/mol. The molecule has 2 nitrogen and oxygen atoms in total. The quantitative estimate of drug-likeness (QED) is 0.517. The lowest BCUT2D eigenvalue weighted by molar-refractivity contribution is 0.628. The van der Waals surface area contributed by atoms with E-state index in [4.69, 9.17) is 4.98 Å². The summed E-state index contributed by atoms with van der Waals surface area (Å²) in [7, 11) is 0. The van der Waals surface area contributed by atoms with Gasteiger partial charge in [0.15, 0.2) is 0 Å². The summed E-state index contributed by atoms with van der Waals surface area (Å²) in [5.41, 5.74) is 4.74. The first kappa shape index (κ1) is 12.8. The minimum Gasteiger partial charge on any atom is -0.299 e. The molecule has 0 aliphatic carbocycles. The van der Waals surface area contributed by atoms with Crippen LogP contribution in [0.1, 0.15) is 0 Å². The van der Waals surface area contributed by atoms with Crippen molar-refractivity contribution in [1.29, 1.82) is 0 Å². The van der Waals surface area contributed by atoms with Crippen LogP contribution in [0.3, 0.4) is 0 Å². The van der Waals surface area contributed by atoms with Crippen molar-refractivity contribution in [2.24, 2.45) is 0 Å². The Bertz CT molecular complexity index is 925. The molecule has 0 fully saturated rings. The first-order valence-electron chi connectivity index (χ1n) is 7.11. The topological polar surface area (TPSA) is 17.3 Å². The van der Waals surface area contributed by atoms with Crippen molar-refractivity contribution in [3.63, 3.8) is 0 Å². The SMILES string of the molecule is Fc1ccc(-c2c(-c3ccccc3)nc3ccccn23)cc1. The second-order valence-corrected chi connectivity index (χ2v) is 5.11. The minimum atomic E-state index is -0.237. The third-order valence-electron chi connectivity index (χ3n) is 3.69. The average Bonchev–Trinajstić information content (AvgIpc) is 2.96. The number of hydrogen-bond donors (Lipinski definition) is 0. The summed E-state index contributed by atoms with van der Waals surface area (Å²) in [4.78, 5) is 4.75. The van der Waals surface area contributed by atoms with Gasteiger partial charge in [0.25, 0.3) is 0 Å². The number of benzene rings is 2. The molecule has 0 spiro atoms. The normalized spacial score (nSPS) is 11.0. The Morgan fingerprint density at radius 2 is 1.45 bits per heavy atom. The van der Waals surface area contributed by atoms with E-state index in [1.54, 1.807) is 12.1 Å². The molecule has 22 heavy (non-hydrogen) atoms. The zero-order valence-electron chi connectivity index (χ0n) is 11.8. The lowest BCUT2D eigenvalue weighted by Gasteiger charge is -2.05. The van der Waals surface area contributed by atoms with E-state index in [0.29, 0.717) is 0 Å². The van der Waals surface area contributed by atoms with Gasteiger partial charge in [0.1, 0.15) is 11.5 Å². The van der Waals surface area contributed by atoms with Gasteiger partial charge in [-0.2, -0.15) is 0 Å². The molecule has 4 aromatic rings. The largest absolute Gasteiger partial charge is 0.299 e. The lowest BCUT2D eigenvalue weighted by atomic mass is 10.0. The van der Waals surface area contributed by atoms with E-state index in [1.165, 1.54) is 12.1 Å². The first-order chi connectivity index (χ1) is 10.8. The van der Waals surface area contributed by atoms with Crippen molar-refractivity contribution in [2.45, 2.75) is 0 Å². The van der Waals surface area contributed by atoms with E-state index in [-0.39, 0.29) is 5.82 Å². The third kappa shape index (κ3) is 2.07. The van der Waals surface area contributed by atoms with Gasteiger partial charge in [-0.3, -0.25) is 4.40 Å². The van der Waals surface area contributed by atoms with Gasteiger partial charge in [0, 0.05) is 17.3 Å². The molecule has 106 valence electrons. The van der Waals surface area contributed by atoms with Crippen LogP contribution < -0.4 is 0 Å². The van der Waals surface area contributed by atoms with E-state index < -0.39 is 0 Å². The molecule has 0 aliphatic rings. The Balaban J connectivity index is 2.04. The van der Waals surface area contributed by atoms with Gasteiger partial charge >= 0.3 is 0 Å². The summed E-state index contributed by atoms with van der Waals surface area (Å²) in [5, 5.41) is 0. The van der Waals surface area contributed by atoms with Crippen LogP contribution in [-0.2, 0) is 0 Å². The number of pyridine rings is 1. The Morgan fingerprint density at radius 1 is 0.727 bits per heavy atom. The van der Waals surface area contributed by atoms with Crippen molar-refractivity contribution in [2.75, 3.05) is 0 Å². The molecule has 2 aromatic carbocycles. The molecular formula is C19H13FN2. The fourth-order valence-corrected chi connectivity index (χ4v) is 2.68. The Morgan fingerprint density at radius 3 is 2.23 bits per heavy atom. The number of halogens is 1. The summed E-state index contributed by atoms with van der Waals surface area (Å²) in [6.07, 6.45) is 1.98. The number of rotatable bonds is 2. The van der Waals surface area contributed by atoms with E-state index >= 15 is 0 Å². The van der Waals surface area contributed by atoms with Crippen LogP contribution in [0.5, 0.6) is 0 Å². The minimum absolute atomic E-state index is 0.237. The molecule has 0 unspecified atom stereocenters. The van der Waals surface area contributed by atoms with E-state index in [0.717, 1.165) is 28.2 Å². The Labute approximate surface area is 127 Å². The van der Waals surface area contributed by atoms with Crippen LogP contribution in [0.4, 0.5) is 4.39 Å². The van der Waals surface area contributed by atoms with Crippen molar-refractivity contribution in [3.8, 4) is 22.5 Å². The average molecular weight is 288 g/mol. The summed E-state index contributed by atoms with van der Waals surface area (Å²) >= 11 is 0. The monoisotopic (exact) mass is 288 g/mol. The molecule has 0 saturated heterocycles. The highest BCUT2D eigenvalue weighted by Crippen LogP contribution is 2.32. The highest BCUT2D eigenvalue weighted by Gasteiger charge is 2.15. The zero-order valence-corrected chi connectivity index (χ0v) is 11.8. The number of fused-ring (bicyclic) bond motifs is 1. The molecule has 2 heterocycles. The number of hydrogen-bond acceptors (Lipinski definition) is 1. The maximum absolute atomic E-state index is 13.2. The smallest absolute Gasteiger partial charge is 0.137 e. The Hall–Kier alpha value is -2.94. The molecule has 0 saturated carbocycles. The van der Waals surface area contributed by atoms with Gasteiger partial charge in [-0.05, 0) is 36.4 Å². The summed E-state index contributed by atoms with van der Waals surface area (Å²) in [5.74, 6) is -0.237. The fraction of sp³-hybridized carbons (Fsp3) is 0. The van der Waals surface area contributed by atoms with E-state index in [9.17, 15) is 4.39 Å². The van der Waals surface area contributed by atoms with Crippen LogP contribution in [0.25, 0.3) is 28.2 Å². The summed E-state index contributed by atoms with van der Waals surface area (Å²) in [6.45, 7) is 0. The Kier molecular flexibility index (Phi) is 2.97. The molecule has 0 N–H and O–H groups in total. The van der Waals surface area contributed by atoms with E-state index in [2.05, 4.69) is 0 Å². The molecule has 3 heteroatoms. The van der Waals surface area contributed by atoms with Gasteiger partial charge in [-0.25, -0.2) is 9.37 Å². The number of aromatic nitrogens is 2.